The molecule has 1 atom stereocenters. The molecule has 2 N–H and O–H groups in total. The average molecular weight is 369 g/mol. The summed E-state index contributed by atoms with van der Waals surface area (Å²) in [4.78, 5) is 28.5. The summed E-state index contributed by atoms with van der Waals surface area (Å²) in [6.45, 7) is 4.44. The van der Waals surface area contributed by atoms with E-state index < -0.39 is 5.91 Å². The number of nitrogens with two attached hydrogens (primary N) is 1. The molecule has 2 aromatic heterocycles. The second-order valence-corrected chi connectivity index (χ2v) is 8.38. The first kappa shape index (κ1) is 18.0. The molecular formula is C21H27N3O3. The van der Waals surface area contributed by atoms with E-state index in [4.69, 9.17) is 10.2 Å². The third-order valence-electron chi connectivity index (χ3n) is 6.44. The summed E-state index contributed by atoms with van der Waals surface area (Å²) >= 11 is 0. The van der Waals surface area contributed by atoms with E-state index in [-0.39, 0.29) is 5.76 Å². The van der Waals surface area contributed by atoms with E-state index in [1.807, 2.05) is 0 Å². The van der Waals surface area contributed by atoms with Crippen LogP contribution in [-0.4, -0.2) is 34.8 Å². The number of hydrogen-bond donors (Lipinski definition) is 1. The summed E-state index contributed by atoms with van der Waals surface area (Å²) in [7, 11) is 0. The van der Waals surface area contributed by atoms with Gasteiger partial charge in [-0.15, -0.1) is 0 Å². The van der Waals surface area contributed by atoms with E-state index >= 15 is 0 Å². The number of rotatable bonds is 3. The Bertz CT molecular complexity index is 814. The summed E-state index contributed by atoms with van der Waals surface area (Å²) in [5.41, 5.74) is 6.26. The van der Waals surface area contributed by atoms with Crippen LogP contribution in [0.15, 0.2) is 28.9 Å². The Labute approximate surface area is 159 Å². The minimum absolute atomic E-state index is 0.165. The van der Waals surface area contributed by atoms with E-state index in [9.17, 15) is 9.59 Å². The van der Waals surface area contributed by atoms with Gasteiger partial charge in [0.15, 0.2) is 11.3 Å². The number of pyridine rings is 1. The highest BCUT2D eigenvalue weighted by molar-refractivity contribution is 5.94. The summed E-state index contributed by atoms with van der Waals surface area (Å²) < 4.78 is 5.09. The predicted molar refractivity (Wildman–Crippen MR) is 102 cm³/mol. The molecule has 3 aliphatic rings. The predicted octanol–water partition coefficient (Wildman–Crippen LogP) is 3.36. The maximum Gasteiger partial charge on any atom is 0.284 e. The van der Waals surface area contributed by atoms with Gasteiger partial charge in [0, 0.05) is 31.1 Å². The first-order valence-electron chi connectivity index (χ1n) is 9.88. The molecule has 3 fully saturated rings. The molecule has 2 amide bonds. The molecule has 144 valence electrons. The number of nitrogens with zero attached hydrogens (tertiary/aromatic N) is 2. The molecule has 1 aliphatic heterocycles. The van der Waals surface area contributed by atoms with Crippen molar-refractivity contribution in [2.24, 2.45) is 23.0 Å². The van der Waals surface area contributed by atoms with Crippen LogP contribution in [0, 0.1) is 17.3 Å². The van der Waals surface area contributed by atoms with Crippen LogP contribution in [0.25, 0.3) is 11.0 Å². The quantitative estimate of drug-likeness (QED) is 0.898. The summed E-state index contributed by atoms with van der Waals surface area (Å²) in [6.07, 6.45) is 10.5. The van der Waals surface area contributed by atoms with E-state index in [0.717, 1.165) is 36.7 Å². The molecule has 6 heteroatoms. The normalized spacial score (nSPS) is 23.0. The molecule has 2 aromatic rings. The van der Waals surface area contributed by atoms with Gasteiger partial charge >= 0.3 is 0 Å². The van der Waals surface area contributed by atoms with Crippen molar-refractivity contribution in [1.29, 1.82) is 0 Å². The number of hydrogen-bond acceptors (Lipinski definition) is 4. The summed E-state index contributed by atoms with van der Waals surface area (Å²) in [5, 5.41) is 0.832. The van der Waals surface area contributed by atoms with Crippen LogP contribution in [0.3, 0.4) is 0 Å². The molecule has 5 rings (SSSR count). The molecule has 1 spiro atoms. The monoisotopic (exact) mass is 369 g/mol. The first-order chi connectivity index (χ1) is 13.0. The van der Waals surface area contributed by atoms with Crippen LogP contribution in [0.4, 0.5) is 0 Å². The molecule has 2 saturated carbocycles. The lowest BCUT2D eigenvalue weighted by molar-refractivity contribution is -0.133. The van der Waals surface area contributed by atoms with Crippen LogP contribution in [0.2, 0.25) is 0 Å². The van der Waals surface area contributed by atoms with Crippen LogP contribution >= 0.6 is 0 Å². The van der Waals surface area contributed by atoms with Gasteiger partial charge in [-0.1, -0.05) is 6.92 Å². The van der Waals surface area contributed by atoms with Gasteiger partial charge in [-0.2, -0.15) is 0 Å². The number of fused-ring (bicyclic) bond motifs is 1. The van der Waals surface area contributed by atoms with Gasteiger partial charge in [-0.25, -0.2) is 0 Å². The minimum Gasteiger partial charge on any atom is -0.449 e. The van der Waals surface area contributed by atoms with E-state index in [1.165, 1.54) is 32.1 Å². The zero-order valence-electron chi connectivity index (χ0n) is 15.8. The van der Waals surface area contributed by atoms with E-state index in [1.54, 1.807) is 24.5 Å². The van der Waals surface area contributed by atoms with Crippen molar-refractivity contribution in [3.63, 3.8) is 0 Å². The molecule has 2 aliphatic carbocycles. The minimum atomic E-state index is -0.564. The van der Waals surface area contributed by atoms with Crippen molar-refractivity contribution in [1.82, 2.24) is 9.88 Å². The van der Waals surface area contributed by atoms with E-state index in [2.05, 4.69) is 16.8 Å². The van der Waals surface area contributed by atoms with E-state index in [0.29, 0.717) is 16.9 Å². The highest BCUT2D eigenvalue weighted by Crippen LogP contribution is 2.59. The Morgan fingerprint density at radius 1 is 1.33 bits per heavy atom. The van der Waals surface area contributed by atoms with Gasteiger partial charge in [-0.3, -0.25) is 14.6 Å². The summed E-state index contributed by atoms with van der Waals surface area (Å²) in [5.74, 6) is 1.70. The number of furan rings is 1. The molecule has 3 heterocycles. The number of carbonyl (C=O) groups is 2. The second-order valence-electron chi connectivity index (χ2n) is 8.38. The second kappa shape index (κ2) is 6.98. The number of primary amides is 1. The zero-order chi connectivity index (χ0) is 19.0. The number of carbonyl (C=O) groups excluding carboxylic acids is 2. The number of likely N-dealkylation sites (tertiary alicyclic amines) is 1. The molecular weight excluding hydrogens is 342 g/mol. The zero-order valence-corrected chi connectivity index (χ0v) is 15.8. The maximum atomic E-state index is 11.9. The van der Waals surface area contributed by atoms with Crippen LogP contribution in [0.1, 0.15) is 56.0 Å². The fourth-order valence-electron chi connectivity index (χ4n) is 4.15. The highest BCUT2D eigenvalue weighted by atomic mass is 16.3. The van der Waals surface area contributed by atoms with Crippen molar-refractivity contribution in [2.75, 3.05) is 13.1 Å². The lowest BCUT2D eigenvalue weighted by Gasteiger charge is -2.33. The SMILES string of the molecule is CC1CC12CCN(C(=O)CC1CC1)CC2.NC(=O)c1cc2ccncc2o1. The van der Waals surface area contributed by atoms with Gasteiger partial charge in [0.1, 0.15) is 0 Å². The molecule has 27 heavy (non-hydrogen) atoms. The smallest absolute Gasteiger partial charge is 0.284 e. The largest absolute Gasteiger partial charge is 0.449 e. The van der Waals surface area contributed by atoms with Crippen molar-refractivity contribution in [3.05, 3.63) is 30.3 Å². The molecule has 0 radical (unpaired) electrons. The topological polar surface area (TPSA) is 89.4 Å². The van der Waals surface area contributed by atoms with Gasteiger partial charge in [0.05, 0.1) is 6.20 Å². The van der Waals surface area contributed by atoms with Crippen LogP contribution in [0.5, 0.6) is 0 Å². The number of aromatic nitrogens is 1. The first-order valence-corrected chi connectivity index (χ1v) is 9.88. The van der Waals surface area contributed by atoms with Gasteiger partial charge in [-0.05, 0) is 61.5 Å². The molecule has 0 aromatic carbocycles. The average Bonchev–Trinajstić information content (AvgIpc) is 3.53. The van der Waals surface area contributed by atoms with Crippen molar-refractivity contribution in [2.45, 2.75) is 45.4 Å². The van der Waals surface area contributed by atoms with Crippen LogP contribution in [-0.2, 0) is 4.79 Å². The highest BCUT2D eigenvalue weighted by Gasteiger charge is 2.52. The molecule has 6 nitrogen and oxygen atoms in total. The van der Waals surface area contributed by atoms with Gasteiger partial charge < -0.3 is 15.1 Å². The standard InChI is InChI=1S/C13H21NO.C8H6N2O2/c1-10-9-13(10)4-6-14(7-5-13)12(15)8-11-2-3-11;9-8(11)6-3-5-1-2-10-4-7(5)12-6/h10-11H,2-9H2,1H3;1-4H,(H2,9,11). The van der Waals surface area contributed by atoms with Crippen molar-refractivity contribution >= 4 is 22.8 Å². The molecule has 0 bridgehead atoms. The molecule has 1 saturated heterocycles. The Morgan fingerprint density at radius 3 is 2.59 bits per heavy atom. The Kier molecular flexibility index (Phi) is 4.66. The third-order valence-corrected chi connectivity index (χ3v) is 6.44. The maximum absolute atomic E-state index is 11.9. The fourth-order valence-corrected chi connectivity index (χ4v) is 4.15. The molecule has 1 unspecified atom stereocenters. The van der Waals surface area contributed by atoms with Gasteiger partial charge in [0.25, 0.3) is 5.91 Å². The summed E-state index contributed by atoms with van der Waals surface area (Å²) in [6, 6.07) is 3.35. The number of amides is 2. The van der Waals surface area contributed by atoms with Crippen molar-refractivity contribution < 1.29 is 14.0 Å². The Morgan fingerprint density at radius 2 is 2.04 bits per heavy atom. The lowest BCUT2D eigenvalue weighted by atomic mass is 9.91. The lowest BCUT2D eigenvalue weighted by Crippen LogP contribution is -2.39. The number of piperidine rings is 1. The fraction of sp³-hybridized carbons (Fsp3) is 0.571. The third kappa shape index (κ3) is 3.99. The Hall–Kier alpha value is -2.37. The van der Waals surface area contributed by atoms with Crippen molar-refractivity contribution in [3.8, 4) is 0 Å². The Balaban J connectivity index is 0.000000137. The van der Waals surface area contributed by atoms with Crippen LogP contribution < -0.4 is 5.73 Å². The van der Waals surface area contributed by atoms with Gasteiger partial charge in [0.2, 0.25) is 5.91 Å².